The van der Waals surface area contributed by atoms with Crippen LogP contribution in [-0.4, -0.2) is 30.2 Å². The Morgan fingerprint density at radius 2 is 2.14 bits per heavy atom. The zero-order valence-electron chi connectivity index (χ0n) is 12.7. The van der Waals surface area contributed by atoms with Crippen molar-refractivity contribution in [2.75, 3.05) is 18.9 Å². The van der Waals surface area contributed by atoms with E-state index in [-0.39, 0.29) is 0 Å². The van der Waals surface area contributed by atoms with Crippen LogP contribution in [0.25, 0.3) is 0 Å². The summed E-state index contributed by atoms with van der Waals surface area (Å²) in [7, 11) is 1.82. The first-order valence-corrected chi connectivity index (χ1v) is 6.93. The van der Waals surface area contributed by atoms with Crippen LogP contribution in [0.3, 0.4) is 0 Å². The molecule has 0 aliphatic rings. The van der Waals surface area contributed by atoms with E-state index in [9.17, 15) is 4.79 Å². The molecule has 21 heavy (non-hydrogen) atoms. The minimum absolute atomic E-state index is 0.290. The minimum atomic E-state index is -0.561. The maximum absolute atomic E-state index is 11.8. The monoisotopic (exact) mass is 309 g/mol. The Labute approximate surface area is 130 Å². The molecular formula is C15H20ClN3O2. The van der Waals surface area contributed by atoms with Crippen LogP contribution >= 0.6 is 11.6 Å². The Hall–Kier alpha value is -1.77. The van der Waals surface area contributed by atoms with E-state index in [1.807, 2.05) is 11.9 Å². The smallest absolute Gasteiger partial charge is 0.412 e. The number of amides is 1. The molecule has 0 saturated heterocycles. The van der Waals surface area contributed by atoms with E-state index in [4.69, 9.17) is 21.6 Å². The van der Waals surface area contributed by atoms with Gasteiger partial charge in [0.25, 0.3) is 0 Å². The first-order valence-electron chi connectivity index (χ1n) is 6.55. The molecule has 0 spiro atoms. The summed E-state index contributed by atoms with van der Waals surface area (Å²) in [4.78, 5) is 13.7. The van der Waals surface area contributed by atoms with Gasteiger partial charge in [-0.05, 0) is 51.6 Å². The molecule has 5 nitrogen and oxygen atoms in total. The third kappa shape index (κ3) is 6.48. The lowest BCUT2D eigenvalue weighted by Gasteiger charge is -2.21. The quantitative estimate of drug-likeness (QED) is 0.862. The molecule has 0 aliphatic heterocycles. The lowest BCUT2D eigenvalue weighted by molar-refractivity contribution is 0.0635. The molecule has 0 aliphatic carbocycles. The van der Waals surface area contributed by atoms with Crippen LogP contribution in [0.1, 0.15) is 26.3 Å². The predicted octanol–water partition coefficient (Wildman–Crippen LogP) is 3.64. The standard InChI is InChI=1S/C15H20ClN3O2/c1-15(2,3)21-14(20)18-13-6-5-12(16)9-11(13)10-19(4)8-7-17/h5-6,9H,8,10H2,1-4H3,(H,18,20). The van der Waals surface area contributed by atoms with Gasteiger partial charge in [-0.15, -0.1) is 0 Å². The summed E-state index contributed by atoms with van der Waals surface area (Å²) < 4.78 is 5.23. The summed E-state index contributed by atoms with van der Waals surface area (Å²) in [5, 5.41) is 12.0. The van der Waals surface area contributed by atoms with E-state index in [1.54, 1.807) is 39.0 Å². The highest BCUT2D eigenvalue weighted by Gasteiger charge is 2.17. The Bertz CT molecular complexity index is 547. The van der Waals surface area contributed by atoms with Crippen LogP contribution in [0.15, 0.2) is 18.2 Å². The molecule has 1 aromatic rings. The van der Waals surface area contributed by atoms with Gasteiger partial charge in [-0.2, -0.15) is 5.26 Å². The number of hydrogen-bond donors (Lipinski definition) is 1. The van der Waals surface area contributed by atoms with E-state index in [0.29, 0.717) is 23.8 Å². The number of nitrogens with zero attached hydrogens (tertiary/aromatic N) is 2. The molecule has 0 saturated carbocycles. The summed E-state index contributed by atoms with van der Waals surface area (Å²) in [6.45, 7) is 6.19. The average Bonchev–Trinajstić information content (AvgIpc) is 2.30. The van der Waals surface area contributed by atoms with Gasteiger partial charge in [-0.25, -0.2) is 4.79 Å². The molecule has 0 atom stereocenters. The Morgan fingerprint density at radius 1 is 1.48 bits per heavy atom. The molecule has 0 unspecified atom stereocenters. The number of hydrogen-bond acceptors (Lipinski definition) is 4. The lowest BCUT2D eigenvalue weighted by atomic mass is 10.1. The van der Waals surface area contributed by atoms with E-state index < -0.39 is 11.7 Å². The van der Waals surface area contributed by atoms with Crippen molar-refractivity contribution in [2.45, 2.75) is 32.9 Å². The molecule has 0 aromatic heterocycles. The van der Waals surface area contributed by atoms with Crippen molar-refractivity contribution >= 4 is 23.4 Å². The molecule has 1 amide bonds. The van der Waals surface area contributed by atoms with Crippen molar-refractivity contribution in [1.82, 2.24) is 4.90 Å². The number of nitriles is 1. The molecule has 1 rings (SSSR count). The highest BCUT2D eigenvalue weighted by Crippen LogP contribution is 2.22. The Morgan fingerprint density at radius 3 is 2.71 bits per heavy atom. The number of carbonyl (C=O) groups excluding carboxylic acids is 1. The van der Waals surface area contributed by atoms with Crippen molar-refractivity contribution in [1.29, 1.82) is 5.26 Å². The van der Waals surface area contributed by atoms with E-state index in [2.05, 4.69) is 11.4 Å². The lowest BCUT2D eigenvalue weighted by Crippen LogP contribution is -2.28. The van der Waals surface area contributed by atoms with Crippen LogP contribution in [0.2, 0.25) is 5.02 Å². The van der Waals surface area contributed by atoms with Crippen LogP contribution in [0.4, 0.5) is 10.5 Å². The van der Waals surface area contributed by atoms with Crippen molar-refractivity contribution < 1.29 is 9.53 Å². The van der Waals surface area contributed by atoms with Gasteiger partial charge in [0, 0.05) is 17.3 Å². The summed E-state index contributed by atoms with van der Waals surface area (Å²) in [5.74, 6) is 0. The molecule has 0 radical (unpaired) electrons. The number of ether oxygens (including phenoxy) is 1. The van der Waals surface area contributed by atoms with Gasteiger partial charge in [0.05, 0.1) is 12.6 Å². The normalized spacial score (nSPS) is 11.1. The highest BCUT2D eigenvalue weighted by atomic mass is 35.5. The molecule has 1 aromatic carbocycles. The molecule has 0 fully saturated rings. The van der Waals surface area contributed by atoms with Gasteiger partial charge in [0.2, 0.25) is 0 Å². The van der Waals surface area contributed by atoms with Crippen molar-refractivity contribution in [3.05, 3.63) is 28.8 Å². The van der Waals surface area contributed by atoms with Crippen molar-refractivity contribution in [3.8, 4) is 6.07 Å². The molecule has 6 heteroatoms. The second-order valence-electron chi connectivity index (χ2n) is 5.76. The zero-order chi connectivity index (χ0) is 16.0. The van der Waals surface area contributed by atoms with Crippen LogP contribution in [0.5, 0.6) is 0 Å². The largest absolute Gasteiger partial charge is 0.444 e. The molecule has 114 valence electrons. The number of anilines is 1. The minimum Gasteiger partial charge on any atom is -0.444 e. The van der Waals surface area contributed by atoms with Gasteiger partial charge in [0.1, 0.15) is 5.60 Å². The maximum atomic E-state index is 11.8. The van der Waals surface area contributed by atoms with Crippen molar-refractivity contribution in [3.63, 3.8) is 0 Å². The van der Waals surface area contributed by atoms with Gasteiger partial charge in [-0.1, -0.05) is 11.6 Å². The third-order valence-corrected chi connectivity index (χ3v) is 2.72. The second-order valence-corrected chi connectivity index (χ2v) is 6.20. The van der Waals surface area contributed by atoms with E-state index >= 15 is 0 Å². The van der Waals surface area contributed by atoms with Gasteiger partial charge in [-0.3, -0.25) is 10.2 Å². The molecule has 0 bridgehead atoms. The molecule has 0 heterocycles. The summed E-state index contributed by atoms with van der Waals surface area (Å²) >= 11 is 5.99. The number of rotatable bonds is 4. The number of halogens is 1. The summed E-state index contributed by atoms with van der Waals surface area (Å²) in [5.41, 5.74) is 0.887. The average molecular weight is 310 g/mol. The van der Waals surface area contributed by atoms with Gasteiger partial charge < -0.3 is 4.74 Å². The first kappa shape index (κ1) is 17.3. The second kappa shape index (κ2) is 7.30. The fourth-order valence-corrected chi connectivity index (χ4v) is 1.89. The van der Waals surface area contributed by atoms with Crippen LogP contribution in [0, 0.1) is 11.3 Å². The van der Waals surface area contributed by atoms with Crippen molar-refractivity contribution in [2.24, 2.45) is 0 Å². The summed E-state index contributed by atoms with van der Waals surface area (Å²) in [6, 6.07) is 7.26. The number of carbonyl (C=O) groups is 1. The predicted molar refractivity (Wildman–Crippen MR) is 83.3 cm³/mol. The topological polar surface area (TPSA) is 65.4 Å². The third-order valence-electron chi connectivity index (χ3n) is 2.48. The van der Waals surface area contributed by atoms with E-state index in [1.165, 1.54) is 0 Å². The van der Waals surface area contributed by atoms with Gasteiger partial charge >= 0.3 is 6.09 Å². The Kier molecular flexibility index (Phi) is 6.01. The van der Waals surface area contributed by atoms with Crippen LogP contribution < -0.4 is 5.32 Å². The molecule has 1 N–H and O–H groups in total. The molecular weight excluding hydrogens is 290 g/mol. The van der Waals surface area contributed by atoms with Crippen LogP contribution in [-0.2, 0) is 11.3 Å². The fourth-order valence-electron chi connectivity index (χ4n) is 1.70. The number of nitrogens with one attached hydrogen (secondary N) is 1. The van der Waals surface area contributed by atoms with Gasteiger partial charge in [0.15, 0.2) is 0 Å². The number of benzene rings is 1. The first-order chi connectivity index (χ1) is 9.71. The Balaban J connectivity index is 2.87. The van der Waals surface area contributed by atoms with E-state index in [0.717, 1.165) is 5.56 Å². The highest BCUT2D eigenvalue weighted by molar-refractivity contribution is 6.30. The zero-order valence-corrected chi connectivity index (χ0v) is 13.5. The fraction of sp³-hybridized carbons (Fsp3) is 0.467. The SMILES string of the molecule is CN(CC#N)Cc1cc(Cl)ccc1NC(=O)OC(C)(C)C. The maximum Gasteiger partial charge on any atom is 0.412 e. The summed E-state index contributed by atoms with van der Waals surface area (Å²) in [6.07, 6.45) is -0.519.